The summed E-state index contributed by atoms with van der Waals surface area (Å²) in [6.07, 6.45) is 4.99. The number of anilines is 1. The molecule has 26 heavy (non-hydrogen) atoms. The largest absolute Gasteiger partial charge is 0.381 e. The molecule has 2 aliphatic carbocycles. The Morgan fingerprint density at radius 1 is 1.08 bits per heavy atom. The van der Waals surface area contributed by atoms with Gasteiger partial charge >= 0.3 is 0 Å². The van der Waals surface area contributed by atoms with Gasteiger partial charge in [0.2, 0.25) is 11.9 Å². The molecule has 8 nitrogen and oxygen atoms in total. The standard InChI is InChI=1S/C18H26N6O2/c1-22-16(19-20-21-22)24-10-17-4-2-3-5-18(17,11-24)9-23(8-17)15(25)14-12-6-26-7-13(12)14/h12-14H,2-11H2,1H3/t12-,13+,14?,17?,18?. The summed E-state index contributed by atoms with van der Waals surface area (Å²) in [5.41, 5.74) is 0.431. The fraction of sp³-hybridized carbons (Fsp3) is 0.889. The summed E-state index contributed by atoms with van der Waals surface area (Å²) in [7, 11) is 1.91. The van der Waals surface area contributed by atoms with Gasteiger partial charge < -0.3 is 14.5 Å². The van der Waals surface area contributed by atoms with Crippen LogP contribution in [0.2, 0.25) is 0 Å². The van der Waals surface area contributed by atoms with Gasteiger partial charge in [-0.3, -0.25) is 4.79 Å². The first-order chi connectivity index (χ1) is 12.6. The van der Waals surface area contributed by atoms with Gasteiger partial charge in [0.05, 0.1) is 13.2 Å². The summed E-state index contributed by atoms with van der Waals surface area (Å²) in [5, 5.41) is 12.1. The number of carbonyl (C=O) groups is 1. The van der Waals surface area contributed by atoms with Gasteiger partial charge in [0, 0.05) is 50.0 Å². The van der Waals surface area contributed by atoms with Crippen molar-refractivity contribution in [2.24, 2.45) is 35.6 Å². The Bertz CT molecular complexity index is 733. The number of fused-ring (bicyclic) bond motifs is 1. The zero-order valence-electron chi connectivity index (χ0n) is 15.3. The van der Waals surface area contributed by atoms with Crippen LogP contribution in [-0.4, -0.2) is 70.4 Å². The molecule has 3 aliphatic heterocycles. The number of amides is 1. The Balaban J connectivity index is 1.27. The molecule has 2 saturated carbocycles. The number of ether oxygens (including phenoxy) is 1. The summed E-state index contributed by atoms with van der Waals surface area (Å²) in [6.45, 7) is 5.38. The molecule has 8 heteroatoms. The molecule has 0 N–H and O–H groups in total. The highest BCUT2D eigenvalue weighted by molar-refractivity contribution is 5.83. The first-order valence-corrected chi connectivity index (χ1v) is 9.96. The van der Waals surface area contributed by atoms with E-state index in [0.29, 0.717) is 17.7 Å². The Morgan fingerprint density at radius 3 is 2.31 bits per heavy atom. The highest BCUT2D eigenvalue weighted by Crippen LogP contribution is 2.61. The molecule has 5 aliphatic rings. The third-order valence-electron chi connectivity index (χ3n) is 8.09. The Hall–Kier alpha value is -1.70. The van der Waals surface area contributed by atoms with Gasteiger partial charge in [-0.25, -0.2) is 4.68 Å². The van der Waals surface area contributed by atoms with Crippen LogP contribution < -0.4 is 4.90 Å². The molecular formula is C18H26N6O2. The summed E-state index contributed by atoms with van der Waals surface area (Å²) in [5.74, 6) is 2.52. The third-order valence-corrected chi connectivity index (χ3v) is 8.09. The molecule has 3 saturated heterocycles. The highest BCUT2D eigenvalue weighted by Gasteiger charge is 2.67. The maximum Gasteiger partial charge on any atom is 0.245 e. The van der Waals surface area contributed by atoms with Crippen molar-refractivity contribution in [3.63, 3.8) is 0 Å². The van der Waals surface area contributed by atoms with E-state index in [9.17, 15) is 4.79 Å². The van der Waals surface area contributed by atoms with E-state index < -0.39 is 0 Å². The number of nitrogens with zero attached hydrogens (tertiary/aromatic N) is 6. The van der Waals surface area contributed by atoms with Gasteiger partial charge in [-0.1, -0.05) is 17.9 Å². The van der Waals surface area contributed by atoms with Crippen molar-refractivity contribution in [3.8, 4) is 0 Å². The molecule has 1 amide bonds. The van der Waals surface area contributed by atoms with Crippen molar-refractivity contribution in [3.05, 3.63) is 0 Å². The smallest absolute Gasteiger partial charge is 0.245 e. The third kappa shape index (κ3) is 1.83. The minimum atomic E-state index is 0.216. The quantitative estimate of drug-likeness (QED) is 0.757. The second kappa shape index (κ2) is 4.97. The first-order valence-electron chi connectivity index (χ1n) is 9.96. The molecule has 1 aromatic rings. The van der Waals surface area contributed by atoms with E-state index >= 15 is 0 Å². The van der Waals surface area contributed by atoms with E-state index in [-0.39, 0.29) is 16.7 Å². The van der Waals surface area contributed by atoms with E-state index in [1.807, 2.05) is 7.05 Å². The van der Waals surface area contributed by atoms with Crippen molar-refractivity contribution in [2.75, 3.05) is 44.3 Å². The van der Waals surface area contributed by atoms with Crippen LogP contribution in [0, 0.1) is 28.6 Å². The normalized spacial score (nSPS) is 43.3. The Labute approximate surface area is 152 Å². The average Bonchev–Trinajstić information content (AvgIpc) is 3.10. The van der Waals surface area contributed by atoms with Gasteiger partial charge in [0.15, 0.2) is 0 Å². The SMILES string of the molecule is Cn1nnnc1N1CC23CCCCC2(CN(C(=O)C2[C@H]4COC[C@@H]24)C3)C1. The average molecular weight is 358 g/mol. The van der Waals surface area contributed by atoms with Crippen molar-refractivity contribution >= 4 is 11.9 Å². The summed E-state index contributed by atoms with van der Waals surface area (Å²) in [4.78, 5) is 17.8. The number of hydrogen-bond donors (Lipinski definition) is 0. The molecule has 1 aromatic heterocycles. The van der Waals surface area contributed by atoms with Crippen LogP contribution in [0.15, 0.2) is 0 Å². The number of tetrazole rings is 1. The molecular weight excluding hydrogens is 332 g/mol. The fourth-order valence-corrected chi connectivity index (χ4v) is 6.72. The number of carbonyl (C=O) groups excluding carboxylic acids is 1. The fourth-order valence-electron chi connectivity index (χ4n) is 6.72. The van der Waals surface area contributed by atoms with Crippen molar-refractivity contribution < 1.29 is 9.53 Å². The van der Waals surface area contributed by atoms with E-state index in [1.54, 1.807) is 4.68 Å². The minimum absolute atomic E-state index is 0.216. The van der Waals surface area contributed by atoms with Gasteiger partial charge in [-0.05, 0) is 35.1 Å². The van der Waals surface area contributed by atoms with Gasteiger partial charge in [0.25, 0.3) is 0 Å². The number of rotatable bonds is 2. The van der Waals surface area contributed by atoms with Crippen LogP contribution in [0.25, 0.3) is 0 Å². The predicted octanol–water partition coefficient (Wildman–Crippen LogP) is 0.312. The molecule has 0 spiro atoms. The van der Waals surface area contributed by atoms with Crippen LogP contribution in [-0.2, 0) is 16.6 Å². The minimum Gasteiger partial charge on any atom is -0.381 e. The van der Waals surface area contributed by atoms with Crippen LogP contribution in [0.3, 0.4) is 0 Å². The number of likely N-dealkylation sites (tertiary alicyclic amines) is 1. The van der Waals surface area contributed by atoms with Gasteiger partial charge in [0.1, 0.15) is 0 Å². The topological polar surface area (TPSA) is 76.4 Å². The van der Waals surface area contributed by atoms with E-state index in [2.05, 4.69) is 25.3 Å². The summed E-state index contributed by atoms with van der Waals surface area (Å²) >= 11 is 0. The second-order valence-corrected chi connectivity index (χ2v) is 9.31. The van der Waals surface area contributed by atoms with Crippen molar-refractivity contribution in [1.29, 1.82) is 0 Å². The lowest BCUT2D eigenvalue weighted by Gasteiger charge is -2.41. The van der Waals surface area contributed by atoms with Crippen LogP contribution in [0.4, 0.5) is 5.95 Å². The second-order valence-electron chi connectivity index (χ2n) is 9.31. The lowest BCUT2D eigenvalue weighted by molar-refractivity contribution is -0.133. The first kappa shape index (κ1) is 15.4. The van der Waals surface area contributed by atoms with E-state index in [1.165, 1.54) is 25.7 Å². The van der Waals surface area contributed by atoms with Crippen molar-refractivity contribution in [1.82, 2.24) is 25.1 Å². The zero-order chi connectivity index (χ0) is 17.5. The maximum atomic E-state index is 13.2. The molecule has 6 rings (SSSR count). The molecule has 5 fully saturated rings. The summed E-state index contributed by atoms with van der Waals surface area (Å²) < 4.78 is 7.26. The van der Waals surface area contributed by atoms with Crippen molar-refractivity contribution in [2.45, 2.75) is 25.7 Å². The Kier molecular flexibility index (Phi) is 2.94. The monoisotopic (exact) mass is 358 g/mol. The molecule has 0 bridgehead atoms. The van der Waals surface area contributed by atoms with Gasteiger partial charge in [-0.15, -0.1) is 0 Å². The van der Waals surface area contributed by atoms with Crippen LogP contribution >= 0.6 is 0 Å². The maximum absolute atomic E-state index is 13.2. The number of aromatic nitrogens is 4. The Morgan fingerprint density at radius 2 is 1.73 bits per heavy atom. The zero-order valence-corrected chi connectivity index (χ0v) is 15.3. The summed E-state index contributed by atoms with van der Waals surface area (Å²) in [6, 6.07) is 0. The van der Waals surface area contributed by atoms with E-state index in [4.69, 9.17) is 4.74 Å². The number of aryl methyl sites for hydroxylation is 1. The molecule has 3 unspecified atom stereocenters. The molecule has 5 atom stereocenters. The molecule has 0 aromatic carbocycles. The molecule has 0 radical (unpaired) electrons. The van der Waals surface area contributed by atoms with Crippen LogP contribution in [0.5, 0.6) is 0 Å². The highest BCUT2D eigenvalue weighted by atomic mass is 16.5. The number of hydrogen-bond acceptors (Lipinski definition) is 6. The van der Waals surface area contributed by atoms with E-state index in [0.717, 1.165) is 45.3 Å². The lowest BCUT2D eigenvalue weighted by atomic mass is 9.60. The molecule has 4 heterocycles. The molecule has 140 valence electrons. The lowest BCUT2D eigenvalue weighted by Crippen LogP contribution is -2.42. The predicted molar refractivity (Wildman–Crippen MR) is 92.2 cm³/mol. The van der Waals surface area contributed by atoms with Gasteiger partial charge in [-0.2, -0.15) is 0 Å². The van der Waals surface area contributed by atoms with Crippen LogP contribution in [0.1, 0.15) is 25.7 Å².